The molecule has 0 spiro atoms. The van der Waals surface area contributed by atoms with Crippen LogP contribution in [0.2, 0.25) is 0 Å². The molecule has 1 unspecified atom stereocenters. The summed E-state index contributed by atoms with van der Waals surface area (Å²) in [4.78, 5) is 36.0. The van der Waals surface area contributed by atoms with Gasteiger partial charge in [-0.3, -0.25) is 9.59 Å². The molecule has 11 heteroatoms. The van der Waals surface area contributed by atoms with E-state index in [1.807, 2.05) is 24.3 Å². The fraction of sp³-hybridized carbons (Fsp3) is 0.250. The molecule has 0 fully saturated rings. The van der Waals surface area contributed by atoms with Crippen LogP contribution < -0.4 is 20.7 Å². The summed E-state index contributed by atoms with van der Waals surface area (Å²) in [6.07, 6.45) is -3.55. The number of anilines is 1. The molecule has 4 N–H and O–H groups in total. The highest BCUT2D eigenvalue weighted by molar-refractivity contribution is 5.94. The van der Waals surface area contributed by atoms with E-state index in [2.05, 4.69) is 20.7 Å². The van der Waals surface area contributed by atoms with Crippen molar-refractivity contribution in [2.75, 3.05) is 11.9 Å². The number of urea groups is 1. The molecule has 0 saturated carbocycles. The third-order valence-corrected chi connectivity index (χ3v) is 6.34. The molecule has 0 heterocycles. The topological polar surface area (TPSA) is 117 Å². The lowest BCUT2D eigenvalue weighted by molar-refractivity contribution is -0.274. The summed E-state index contributed by atoms with van der Waals surface area (Å²) in [6.45, 7) is 0.00388. The molecule has 39 heavy (non-hydrogen) atoms. The number of benzene rings is 3. The van der Waals surface area contributed by atoms with Gasteiger partial charge in [0.25, 0.3) is 5.91 Å². The predicted molar refractivity (Wildman–Crippen MR) is 136 cm³/mol. The summed E-state index contributed by atoms with van der Waals surface area (Å²) in [6, 6.07) is 18.5. The molecular weight excluding hydrogens is 515 g/mol. The molecule has 1 aliphatic rings. The van der Waals surface area contributed by atoms with Crippen molar-refractivity contribution in [2.24, 2.45) is 5.92 Å². The van der Waals surface area contributed by atoms with E-state index in [0.717, 1.165) is 30.5 Å². The van der Waals surface area contributed by atoms with Crippen molar-refractivity contribution in [1.29, 1.82) is 0 Å². The second-order valence-electron chi connectivity index (χ2n) is 9.11. The lowest BCUT2D eigenvalue weighted by Gasteiger charge is -2.26. The van der Waals surface area contributed by atoms with Crippen LogP contribution in [0.5, 0.6) is 5.75 Å². The van der Waals surface area contributed by atoms with Gasteiger partial charge in [0, 0.05) is 17.8 Å². The summed E-state index contributed by atoms with van der Waals surface area (Å²) in [5, 5.41) is 16.9. The molecule has 3 aromatic rings. The molecule has 3 amide bonds. The van der Waals surface area contributed by atoms with Crippen molar-refractivity contribution in [3.8, 4) is 5.75 Å². The first-order valence-electron chi connectivity index (χ1n) is 12.2. The van der Waals surface area contributed by atoms with Crippen molar-refractivity contribution in [3.63, 3.8) is 0 Å². The number of nitrogens with one attached hydrogen (secondary N) is 3. The standard InChI is InChI=1S/C28H26F3N3O5/c29-28(30,31)39-23-11-9-22(10-12-23)33-27(38)34-25(21-15-19-3-1-2-4-20(19)16-21)17-5-7-18(8-6-17)26(37)32-14-13-24(35)36/h1-12,21,25H,13-16H2,(H,32,37)(H,35,36)(H2,33,34,38). The minimum Gasteiger partial charge on any atom is -0.481 e. The molecule has 0 radical (unpaired) electrons. The molecule has 8 nitrogen and oxygen atoms in total. The van der Waals surface area contributed by atoms with Crippen LogP contribution in [0.4, 0.5) is 23.7 Å². The van der Waals surface area contributed by atoms with Gasteiger partial charge in [-0.15, -0.1) is 13.2 Å². The van der Waals surface area contributed by atoms with Crippen molar-refractivity contribution in [2.45, 2.75) is 31.7 Å². The number of ether oxygens (including phenoxy) is 1. The maximum atomic E-state index is 12.9. The Morgan fingerprint density at radius 1 is 0.923 bits per heavy atom. The van der Waals surface area contributed by atoms with Crippen LogP contribution in [0.3, 0.4) is 0 Å². The number of hydrogen-bond acceptors (Lipinski definition) is 4. The monoisotopic (exact) mass is 541 g/mol. The van der Waals surface area contributed by atoms with Crippen molar-refractivity contribution in [1.82, 2.24) is 10.6 Å². The third-order valence-electron chi connectivity index (χ3n) is 6.34. The van der Waals surface area contributed by atoms with Gasteiger partial charge in [-0.25, -0.2) is 4.79 Å². The second-order valence-corrected chi connectivity index (χ2v) is 9.11. The number of rotatable bonds is 9. The van der Waals surface area contributed by atoms with E-state index in [0.29, 0.717) is 5.56 Å². The number of hydrogen-bond donors (Lipinski definition) is 4. The average molecular weight is 542 g/mol. The van der Waals surface area contributed by atoms with Crippen molar-refractivity contribution >= 4 is 23.6 Å². The Bertz CT molecular complexity index is 1300. The van der Waals surface area contributed by atoms with Gasteiger partial charge in [0.1, 0.15) is 5.75 Å². The number of carboxylic acids is 1. The van der Waals surface area contributed by atoms with Gasteiger partial charge < -0.3 is 25.8 Å². The molecule has 1 atom stereocenters. The molecular formula is C28H26F3N3O5. The van der Waals surface area contributed by atoms with Gasteiger partial charge in [0.2, 0.25) is 0 Å². The summed E-state index contributed by atoms with van der Waals surface area (Å²) >= 11 is 0. The molecule has 1 aliphatic carbocycles. The lowest BCUT2D eigenvalue weighted by atomic mass is 9.90. The van der Waals surface area contributed by atoms with E-state index in [9.17, 15) is 27.6 Å². The normalized spacial score (nSPS) is 13.7. The molecule has 3 aromatic carbocycles. The van der Waals surface area contributed by atoms with Gasteiger partial charge in [0.05, 0.1) is 12.5 Å². The first-order valence-corrected chi connectivity index (χ1v) is 12.2. The Morgan fingerprint density at radius 3 is 2.10 bits per heavy atom. The number of halogens is 3. The van der Waals surface area contributed by atoms with Gasteiger partial charge in [-0.05, 0) is 71.8 Å². The summed E-state index contributed by atoms with van der Waals surface area (Å²) in [5.74, 6) is -1.80. The Kier molecular flexibility index (Phi) is 8.38. The number of alkyl halides is 3. The van der Waals surface area contributed by atoms with Crippen LogP contribution >= 0.6 is 0 Å². The highest BCUT2D eigenvalue weighted by Crippen LogP contribution is 2.35. The second kappa shape index (κ2) is 11.9. The van der Waals surface area contributed by atoms with Crippen LogP contribution in [0.25, 0.3) is 0 Å². The predicted octanol–water partition coefficient (Wildman–Crippen LogP) is 5.07. The fourth-order valence-electron chi connectivity index (χ4n) is 4.58. The molecule has 0 saturated heterocycles. The zero-order valence-electron chi connectivity index (χ0n) is 20.6. The fourth-order valence-corrected chi connectivity index (χ4v) is 4.58. The molecule has 204 valence electrons. The van der Waals surface area contributed by atoms with E-state index < -0.39 is 36.1 Å². The summed E-state index contributed by atoms with van der Waals surface area (Å²) in [5.41, 5.74) is 3.76. The zero-order chi connectivity index (χ0) is 28.0. The summed E-state index contributed by atoms with van der Waals surface area (Å²) in [7, 11) is 0. The lowest BCUT2D eigenvalue weighted by Crippen LogP contribution is -2.37. The number of aliphatic carboxylic acids is 1. The Balaban J connectivity index is 1.47. The highest BCUT2D eigenvalue weighted by atomic mass is 19.4. The maximum absolute atomic E-state index is 12.9. The van der Waals surface area contributed by atoms with Crippen LogP contribution in [0.15, 0.2) is 72.8 Å². The summed E-state index contributed by atoms with van der Waals surface area (Å²) < 4.78 is 41.1. The maximum Gasteiger partial charge on any atom is 0.573 e. The zero-order valence-corrected chi connectivity index (χ0v) is 20.6. The number of carboxylic acid groups (broad SMARTS) is 1. The third kappa shape index (κ3) is 7.73. The molecule has 4 rings (SSSR count). The minimum absolute atomic E-state index is 0.00388. The Morgan fingerprint density at radius 2 is 1.54 bits per heavy atom. The molecule has 0 bridgehead atoms. The quantitative estimate of drug-likeness (QED) is 0.302. The van der Waals surface area contributed by atoms with E-state index in [1.54, 1.807) is 24.3 Å². The van der Waals surface area contributed by atoms with Crippen LogP contribution in [0.1, 0.15) is 39.5 Å². The first kappa shape index (κ1) is 27.5. The van der Waals surface area contributed by atoms with Crippen LogP contribution in [-0.4, -0.2) is 35.9 Å². The Labute approximate surface area is 222 Å². The van der Waals surface area contributed by atoms with Gasteiger partial charge in [0.15, 0.2) is 0 Å². The highest BCUT2D eigenvalue weighted by Gasteiger charge is 2.32. The van der Waals surface area contributed by atoms with E-state index in [1.165, 1.54) is 23.3 Å². The largest absolute Gasteiger partial charge is 0.573 e. The van der Waals surface area contributed by atoms with E-state index in [-0.39, 0.29) is 24.6 Å². The van der Waals surface area contributed by atoms with Crippen molar-refractivity contribution < 1.29 is 37.4 Å². The molecule has 0 aliphatic heterocycles. The van der Waals surface area contributed by atoms with E-state index >= 15 is 0 Å². The van der Waals surface area contributed by atoms with Crippen LogP contribution in [0, 0.1) is 5.92 Å². The number of carbonyl (C=O) groups excluding carboxylic acids is 2. The molecule has 0 aromatic heterocycles. The van der Waals surface area contributed by atoms with Crippen molar-refractivity contribution in [3.05, 3.63) is 95.1 Å². The average Bonchev–Trinajstić information content (AvgIpc) is 3.31. The van der Waals surface area contributed by atoms with Crippen LogP contribution in [-0.2, 0) is 17.6 Å². The first-order chi connectivity index (χ1) is 18.6. The number of fused-ring (bicyclic) bond motifs is 1. The Hall–Kier alpha value is -4.54. The van der Waals surface area contributed by atoms with E-state index in [4.69, 9.17) is 5.11 Å². The smallest absolute Gasteiger partial charge is 0.481 e. The van der Waals surface area contributed by atoms with Gasteiger partial charge >= 0.3 is 18.4 Å². The van der Waals surface area contributed by atoms with Gasteiger partial charge in [-0.1, -0.05) is 36.4 Å². The SMILES string of the molecule is O=C(O)CCNC(=O)c1ccc(C(NC(=O)Nc2ccc(OC(F)(F)F)cc2)C2Cc3ccccc3C2)cc1. The number of carbonyl (C=O) groups is 3. The van der Waals surface area contributed by atoms with Gasteiger partial charge in [-0.2, -0.15) is 0 Å². The number of amides is 3. The minimum atomic E-state index is -4.81.